The van der Waals surface area contributed by atoms with Crippen LogP contribution in [0.1, 0.15) is 35.6 Å². The fourth-order valence-electron chi connectivity index (χ4n) is 2.52. The summed E-state index contributed by atoms with van der Waals surface area (Å²) in [7, 11) is 0. The molecule has 1 aromatic carbocycles. The van der Waals surface area contributed by atoms with E-state index in [9.17, 15) is 26.3 Å². The first-order valence-electron chi connectivity index (χ1n) is 6.72. The SMILES string of the molecule is NC(c1cc(C(F)(F)F)cc(C(F)(F)F)c1)C1CCOCC1. The summed E-state index contributed by atoms with van der Waals surface area (Å²) in [5, 5.41) is 0. The molecule has 0 aromatic heterocycles. The van der Waals surface area contributed by atoms with Gasteiger partial charge in [-0.25, -0.2) is 0 Å². The van der Waals surface area contributed by atoms with Crippen molar-refractivity contribution in [3.8, 4) is 0 Å². The lowest BCUT2D eigenvalue weighted by Gasteiger charge is -2.28. The summed E-state index contributed by atoms with van der Waals surface area (Å²) in [5.41, 5.74) is 3.09. The summed E-state index contributed by atoms with van der Waals surface area (Å²) >= 11 is 0. The Morgan fingerprint density at radius 2 is 1.36 bits per heavy atom. The number of halogens is 6. The average Bonchev–Trinajstić information content (AvgIpc) is 2.45. The second kappa shape index (κ2) is 6.08. The Kier molecular flexibility index (Phi) is 4.72. The van der Waals surface area contributed by atoms with Crippen molar-refractivity contribution < 1.29 is 31.1 Å². The number of nitrogens with two attached hydrogens (primary N) is 1. The van der Waals surface area contributed by atoms with Crippen LogP contribution in [-0.2, 0) is 17.1 Å². The largest absolute Gasteiger partial charge is 0.416 e. The predicted molar refractivity (Wildman–Crippen MR) is 66.9 cm³/mol. The van der Waals surface area contributed by atoms with E-state index in [1.165, 1.54) is 0 Å². The molecular formula is C14H15F6NO. The highest BCUT2D eigenvalue weighted by atomic mass is 19.4. The van der Waals surface area contributed by atoms with Crippen LogP contribution in [0, 0.1) is 5.92 Å². The molecule has 0 spiro atoms. The lowest BCUT2D eigenvalue weighted by molar-refractivity contribution is -0.143. The lowest BCUT2D eigenvalue weighted by atomic mass is 9.86. The zero-order valence-corrected chi connectivity index (χ0v) is 11.5. The van der Waals surface area contributed by atoms with Gasteiger partial charge < -0.3 is 10.5 Å². The molecular weight excluding hydrogens is 312 g/mol. The van der Waals surface area contributed by atoms with E-state index in [-0.39, 0.29) is 17.5 Å². The first kappa shape index (κ1) is 17.1. The highest BCUT2D eigenvalue weighted by molar-refractivity contribution is 5.35. The normalized spacial score (nSPS) is 19.2. The minimum Gasteiger partial charge on any atom is -0.381 e. The maximum Gasteiger partial charge on any atom is 0.416 e. The van der Waals surface area contributed by atoms with E-state index < -0.39 is 29.5 Å². The molecule has 2 rings (SSSR count). The zero-order valence-electron chi connectivity index (χ0n) is 11.5. The van der Waals surface area contributed by atoms with E-state index in [1.807, 2.05) is 0 Å². The second-order valence-corrected chi connectivity index (χ2v) is 5.31. The van der Waals surface area contributed by atoms with Gasteiger partial charge in [0.25, 0.3) is 0 Å². The van der Waals surface area contributed by atoms with Gasteiger partial charge in [0.2, 0.25) is 0 Å². The van der Waals surface area contributed by atoms with Crippen molar-refractivity contribution in [2.45, 2.75) is 31.2 Å². The molecule has 0 bridgehead atoms. The van der Waals surface area contributed by atoms with Gasteiger partial charge in [-0.1, -0.05) is 0 Å². The molecule has 2 N–H and O–H groups in total. The number of ether oxygens (including phenoxy) is 1. The molecule has 1 saturated heterocycles. The van der Waals surface area contributed by atoms with Gasteiger partial charge in [0, 0.05) is 19.3 Å². The van der Waals surface area contributed by atoms with Crippen LogP contribution in [0.2, 0.25) is 0 Å². The summed E-state index contributed by atoms with van der Waals surface area (Å²) in [5.74, 6) is -0.196. The Bertz CT molecular complexity index is 487. The van der Waals surface area contributed by atoms with E-state index in [0.29, 0.717) is 38.2 Å². The van der Waals surface area contributed by atoms with Crippen molar-refractivity contribution in [2.24, 2.45) is 11.7 Å². The molecule has 1 fully saturated rings. The van der Waals surface area contributed by atoms with E-state index >= 15 is 0 Å². The molecule has 0 radical (unpaired) electrons. The Labute approximate surface area is 123 Å². The van der Waals surface area contributed by atoms with E-state index in [4.69, 9.17) is 10.5 Å². The molecule has 0 aliphatic carbocycles. The summed E-state index contributed by atoms with van der Waals surface area (Å²) in [6.45, 7) is 0.812. The van der Waals surface area contributed by atoms with Gasteiger partial charge in [0.05, 0.1) is 11.1 Å². The van der Waals surface area contributed by atoms with E-state index in [1.54, 1.807) is 0 Å². The molecule has 1 heterocycles. The summed E-state index contributed by atoms with van der Waals surface area (Å²) in [4.78, 5) is 0. The minimum absolute atomic E-state index is 0.111. The van der Waals surface area contributed by atoms with Crippen LogP contribution in [0.5, 0.6) is 0 Å². The molecule has 22 heavy (non-hydrogen) atoms. The monoisotopic (exact) mass is 327 g/mol. The Morgan fingerprint density at radius 3 is 1.77 bits per heavy atom. The molecule has 1 aromatic rings. The van der Waals surface area contributed by atoms with Gasteiger partial charge >= 0.3 is 12.4 Å². The third-order valence-electron chi connectivity index (χ3n) is 3.77. The fourth-order valence-corrected chi connectivity index (χ4v) is 2.52. The maximum absolute atomic E-state index is 12.8. The first-order valence-corrected chi connectivity index (χ1v) is 6.72. The predicted octanol–water partition coefficient (Wildman–Crippen LogP) is 4.15. The highest BCUT2D eigenvalue weighted by Gasteiger charge is 2.38. The lowest BCUT2D eigenvalue weighted by Crippen LogP contribution is -2.28. The highest BCUT2D eigenvalue weighted by Crippen LogP contribution is 2.39. The zero-order chi connectivity index (χ0) is 16.5. The quantitative estimate of drug-likeness (QED) is 0.828. The van der Waals surface area contributed by atoms with Crippen molar-refractivity contribution in [2.75, 3.05) is 13.2 Å². The van der Waals surface area contributed by atoms with Gasteiger partial charge in [-0.3, -0.25) is 0 Å². The van der Waals surface area contributed by atoms with Crippen molar-refractivity contribution in [1.29, 1.82) is 0 Å². The summed E-state index contributed by atoms with van der Waals surface area (Å²) < 4.78 is 82.0. The molecule has 2 nitrogen and oxygen atoms in total. The van der Waals surface area contributed by atoms with Crippen LogP contribution in [0.15, 0.2) is 18.2 Å². The smallest absolute Gasteiger partial charge is 0.381 e. The Balaban J connectivity index is 2.41. The van der Waals surface area contributed by atoms with Crippen LogP contribution >= 0.6 is 0 Å². The van der Waals surface area contributed by atoms with Crippen molar-refractivity contribution in [3.05, 3.63) is 34.9 Å². The number of benzene rings is 1. The molecule has 0 amide bonds. The third-order valence-corrected chi connectivity index (χ3v) is 3.77. The molecule has 1 unspecified atom stereocenters. The fraction of sp³-hybridized carbons (Fsp3) is 0.571. The first-order chi connectivity index (χ1) is 10.1. The third kappa shape index (κ3) is 3.92. The van der Waals surface area contributed by atoms with Crippen LogP contribution < -0.4 is 5.73 Å². The van der Waals surface area contributed by atoms with Gasteiger partial charge in [0.1, 0.15) is 0 Å². The van der Waals surface area contributed by atoms with Gasteiger partial charge in [-0.2, -0.15) is 26.3 Å². The molecule has 124 valence electrons. The standard InChI is InChI=1S/C14H15F6NO/c15-13(16,17)10-5-9(6-11(7-10)14(18,19)20)12(21)8-1-3-22-4-2-8/h5-8,12H,1-4,21H2. The number of hydrogen-bond acceptors (Lipinski definition) is 2. The molecule has 1 aliphatic heterocycles. The van der Waals surface area contributed by atoms with Crippen molar-refractivity contribution in [1.82, 2.24) is 0 Å². The Morgan fingerprint density at radius 1 is 0.909 bits per heavy atom. The van der Waals surface area contributed by atoms with Gasteiger partial charge in [-0.15, -0.1) is 0 Å². The topological polar surface area (TPSA) is 35.2 Å². The molecule has 0 saturated carbocycles. The molecule has 8 heteroatoms. The summed E-state index contributed by atoms with van der Waals surface area (Å²) in [6.07, 6.45) is -8.69. The van der Waals surface area contributed by atoms with E-state index in [0.717, 1.165) is 0 Å². The van der Waals surface area contributed by atoms with Crippen LogP contribution in [0.25, 0.3) is 0 Å². The van der Waals surface area contributed by atoms with Crippen LogP contribution in [0.3, 0.4) is 0 Å². The van der Waals surface area contributed by atoms with Gasteiger partial charge in [0.15, 0.2) is 0 Å². The minimum atomic E-state index is -4.86. The van der Waals surface area contributed by atoms with Crippen molar-refractivity contribution >= 4 is 0 Å². The van der Waals surface area contributed by atoms with E-state index in [2.05, 4.69) is 0 Å². The molecule has 1 atom stereocenters. The molecule has 1 aliphatic rings. The number of hydrogen-bond donors (Lipinski definition) is 1. The Hall–Kier alpha value is -1.28. The van der Waals surface area contributed by atoms with Crippen LogP contribution in [0.4, 0.5) is 26.3 Å². The maximum atomic E-state index is 12.8. The van der Waals surface area contributed by atoms with Gasteiger partial charge in [-0.05, 0) is 42.5 Å². The van der Waals surface area contributed by atoms with Crippen molar-refractivity contribution in [3.63, 3.8) is 0 Å². The van der Waals surface area contributed by atoms with Crippen LogP contribution in [-0.4, -0.2) is 13.2 Å². The number of rotatable bonds is 2. The summed E-state index contributed by atoms with van der Waals surface area (Å²) in [6, 6.07) is 0.637. The second-order valence-electron chi connectivity index (χ2n) is 5.31. The average molecular weight is 327 g/mol. The number of alkyl halides is 6.